The molecule has 1 aliphatic carbocycles. The summed E-state index contributed by atoms with van der Waals surface area (Å²) in [5.74, 6) is -0.0264. The van der Waals surface area contributed by atoms with Gasteiger partial charge in [-0.2, -0.15) is 0 Å². The fourth-order valence-corrected chi connectivity index (χ4v) is 5.68. The Morgan fingerprint density at radius 1 is 0.967 bits per heavy atom. The zero-order valence-electron chi connectivity index (χ0n) is 17.2. The number of hydrogen-bond acceptors (Lipinski definition) is 3. The van der Waals surface area contributed by atoms with Crippen molar-refractivity contribution in [3.8, 4) is 0 Å². The number of quaternary nitrogens is 1. The summed E-state index contributed by atoms with van der Waals surface area (Å²) in [6.07, 6.45) is 3.93. The minimum atomic E-state index is -3.53. The zero-order chi connectivity index (χ0) is 21.0. The molecule has 2 fully saturated rings. The van der Waals surface area contributed by atoms with Crippen LogP contribution >= 0.6 is 0 Å². The van der Waals surface area contributed by atoms with Crippen molar-refractivity contribution in [2.24, 2.45) is 0 Å². The van der Waals surface area contributed by atoms with Crippen molar-refractivity contribution in [2.45, 2.75) is 43.2 Å². The second-order valence-electron chi connectivity index (χ2n) is 8.33. The van der Waals surface area contributed by atoms with Crippen LogP contribution in [0.25, 0.3) is 0 Å². The summed E-state index contributed by atoms with van der Waals surface area (Å²) >= 11 is 0. The van der Waals surface area contributed by atoms with Gasteiger partial charge in [0.05, 0.1) is 31.1 Å². The van der Waals surface area contributed by atoms with E-state index in [1.807, 2.05) is 11.0 Å². The minimum absolute atomic E-state index is 0.0264. The Bertz CT molecular complexity index is 947. The van der Waals surface area contributed by atoms with Crippen LogP contribution in [0.2, 0.25) is 0 Å². The monoisotopic (exact) mass is 428 g/mol. The van der Waals surface area contributed by atoms with Crippen LogP contribution in [0.3, 0.4) is 0 Å². The van der Waals surface area contributed by atoms with Gasteiger partial charge in [0, 0.05) is 17.2 Å². The van der Waals surface area contributed by atoms with E-state index >= 15 is 0 Å². The van der Waals surface area contributed by atoms with Gasteiger partial charge in [0.15, 0.2) is 0 Å². The standard InChI is InChI=1S/C23H29N3O3S/c27-23(26-16-14-25(15-17-26)18-19-6-2-1-3-7-19)20-10-12-22(13-11-20)30(28,29)24-21-8-4-5-9-21/h1-3,6-7,10-13,21,24H,4-5,8-9,14-18H2/p+1. The first-order chi connectivity index (χ1) is 14.5. The summed E-state index contributed by atoms with van der Waals surface area (Å²) in [6.45, 7) is 4.23. The summed E-state index contributed by atoms with van der Waals surface area (Å²) in [6, 6.07) is 16.8. The molecule has 0 spiro atoms. The van der Waals surface area contributed by atoms with E-state index in [1.165, 1.54) is 10.5 Å². The average molecular weight is 429 g/mol. The number of nitrogens with one attached hydrogen (secondary N) is 2. The lowest BCUT2D eigenvalue weighted by Crippen LogP contribution is -3.13. The fourth-order valence-electron chi connectivity index (χ4n) is 4.38. The third-order valence-electron chi connectivity index (χ3n) is 6.14. The molecule has 0 atom stereocenters. The number of piperazine rings is 1. The highest BCUT2D eigenvalue weighted by Crippen LogP contribution is 2.21. The maximum atomic E-state index is 12.9. The van der Waals surface area contributed by atoms with Gasteiger partial charge in [-0.25, -0.2) is 13.1 Å². The van der Waals surface area contributed by atoms with Crippen molar-refractivity contribution in [3.63, 3.8) is 0 Å². The highest BCUT2D eigenvalue weighted by molar-refractivity contribution is 7.89. The number of rotatable bonds is 6. The maximum Gasteiger partial charge on any atom is 0.254 e. The van der Waals surface area contributed by atoms with Crippen LogP contribution in [-0.4, -0.2) is 51.4 Å². The van der Waals surface area contributed by atoms with Crippen LogP contribution in [0.4, 0.5) is 0 Å². The lowest BCUT2D eigenvalue weighted by Gasteiger charge is -2.32. The van der Waals surface area contributed by atoms with Crippen molar-refractivity contribution in [1.82, 2.24) is 9.62 Å². The molecule has 1 saturated carbocycles. The van der Waals surface area contributed by atoms with Crippen molar-refractivity contribution in [1.29, 1.82) is 0 Å². The largest absolute Gasteiger partial charge is 0.328 e. The van der Waals surface area contributed by atoms with Gasteiger partial charge in [0.2, 0.25) is 10.0 Å². The van der Waals surface area contributed by atoms with Gasteiger partial charge in [-0.15, -0.1) is 0 Å². The van der Waals surface area contributed by atoms with Gasteiger partial charge in [0.1, 0.15) is 6.54 Å². The molecule has 0 bridgehead atoms. The third kappa shape index (κ3) is 5.09. The van der Waals surface area contributed by atoms with Gasteiger partial charge >= 0.3 is 0 Å². The third-order valence-corrected chi connectivity index (χ3v) is 7.68. The van der Waals surface area contributed by atoms with Crippen molar-refractivity contribution in [2.75, 3.05) is 26.2 Å². The molecule has 1 heterocycles. The van der Waals surface area contributed by atoms with Gasteiger partial charge < -0.3 is 9.80 Å². The summed E-state index contributed by atoms with van der Waals surface area (Å²) in [7, 11) is -3.53. The predicted octanol–water partition coefficient (Wildman–Crippen LogP) is 1.45. The summed E-state index contributed by atoms with van der Waals surface area (Å²) in [5, 5.41) is 0. The van der Waals surface area contributed by atoms with E-state index in [4.69, 9.17) is 0 Å². The molecule has 4 rings (SSSR count). The van der Waals surface area contributed by atoms with Gasteiger partial charge in [0.25, 0.3) is 5.91 Å². The number of hydrogen-bond donors (Lipinski definition) is 2. The van der Waals surface area contributed by atoms with E-state index in [0.29, 0.717) is 18.7 Å². The van der Waals surface area contributed by atoms with Crippen LogP contribution in [0.15, 0.2) is 59.5 Å². The molecule has 1 amide bonds. The molecular weight excluding hydrogens is 398 g/mol. The predicted molar refractivity (Wildman–Crippen MR) is 116 cm³/mol. The Balaban J connectivity index is 1.33. The van der Waals surface area contributed by atoms with E-state index in [0.717, 1.165) is 45.3 Å². The van der Waals surface area contributed by atoms with Crippen LogP contribution < -0.4 is 9.62 Å². The lowest BCUT2D eigenvalue weighted by molar-refractivity contribution is -0.917. The van der Waals surface area contributed by atoms with Crippen molar-refractivity contribution >= 4 is 15.9 Å². The molecule has 7 heteroatoms. The second-order valence-corrected chi connectivity index (χ2v) is 10.0. The smallest absolute Gasteiger partial charge is 0.254 e. The minimum Gasteiger partial charge on any atom is -0.328 e. The molecule has 2 N–H and O–H groups in total. The van der Waals surface area contributed by atoms with Crippen LogP contribution in [-0.2, 0) is 16.6 Å². The Kier molecular flexibility index (Phi) is 6.51. The van der Waals surface area contributed by atoms with Gasteiger partial charge in [-0.05, 0) is 37.1 Å². The van der Waals surface area contributed by atoms with E-state index in [1.54, 1.807) is 24.3 Å². The zero-order valence-corrected chi connectivity index (χ0v) is 18.0. The number of benzene rings is 2. The number of amides is 1. The molecule has 2 aromatic rings. The molecule has 1 saturated heterocycles. The number of sulfonamides is 1. The Labute approximate surface area is 178 Å². The first-order valence-corrected chi connectivity index (χ1v) is 12.3. The highest BCUT2D eigenvalue weighted by atomic mass is 32.2. The van der Waals surface area contributed by atoms with Crippen LogP contribution in [0.1, 0.15) is 41.6 Å². The molecule has 0 aromatic heterocycles. The van der Waals surface area contributed by atoms with Crippen LogP contribution in [0.5, 0.6) is 0 Å². The Morgan fingerprint density at radius 3 is 2.23 bits per heavy atom. The van der Waals surface area contributed by atoms with Gasteiger partial charge in [-0.3, -0.25) is 4.79 Å². The molecule has 160 valence electrons. The number of carbonyl (C=O) groups is 1. The summed E-state index contributed by atoms with van der Waals surface area (Å²) in [4.78, 5) is 16.4. The first kappa shape index (κ1) is 21.0. The normalized spacial score (nSPS) is 18.6. The summed E-state index contributed by atoms with van der Waals surface area (Å²) in [5.41, 5.74) is 1.86. The quantitative estimate of drug-likeness (QED) is 0.732. The second kappa shape index (κ2) is 9.29. The molecule has 0 radical (unpaired) electrons. The maximum absolute atomic E-state index is 12.9. The Morgan fingerprint density at radius 2 is 1.60 bits per heavy atom. The SMILES string of the molecule is O=C(c1ccc(S(=O)(=O)NC2CCCC2)cc1)N1CC[NH+](Cc2ccccc2)CC1. The molecule has 30 heavy (non-hydrogen) atoms. The molecule has 1 aliphatic heterocycles. The first-order valence-electron chi connectivity index (χ1n) is 10.8. The van der Waals surface area contributed by atoms with Gasteiger partial charge in [-0.1, -0.05) is 43.2 Å². The highest BCUT2D eigenvalue weighted by Gasteiger charge is 2.26. The van der Waals surface area contributed by atoms with E-state index in [9.17, 15) is 13.2 Å². The molecular formula is C23H30N3O3S+. The Hall–Kier alpha value is -2.22. The van der Waals surface area contributed by atoms with E-state index < -0.39 is 10.0 Å². The van der Waals surface area contributed by atoms with Crippen LogP contribution in [0, 0.1) is 0 Å². The van der Waals surface area contributed by atoms with Crippen molar-refractivity contribution in [3.05, 3.63) is 65.7 Å². The topological polar surface area (TPSA) is 70.9 Å². The molecule has 2 aromatic carbocycles. The van der Waals surface area contributed by atoms with Crippen molar-refractivity contribution < 1.29 is 18.1 Å². The molecule has 2 aliphatic rings. The van der Waals surface area contributed by atoms with E-state index in [-0.39, 0.29) is 16.8 Å². The number of nitrogens with zero attached hydrogens (tertiary/aromatic N) is 1. The molecule has 0 unspecified atom stereocenters. The van der Waals surface area contributed by atoms with E-state index in [2.05, 4.69) is 29.0 Å². The fraction of sp³-hybridized carbons (Fsp3) is 0.435. The summed E-state index contributed by atoms with van der Waals surface area (Å²) < 4.78 is 27.9. The lowest BCUT2D eigenvalue weighted by atomic mass is 10.1. The average Bonchev–Trinajstić information content (AvgIpc) is 3.27. The molecule has 6 nitrogen and oxygen atoms in total. The number of carbonyl (C=O) groups excluding carboxylic acids is 1.